The molecular formula is C19H18Cl2N4O2S. The smallest absolute Gasteiger partial charge is 0.316 e. The van der Waals surface area contributed by atoms with E-state index >= 15 is 0 Å². The Kier molecular flexibility index (Phi) is 6.27. The van der Waals surface area contributed by atoms with Crippen LogP contribution in [0.5, 0.6) is 0 Å². The first-order valence-electron chi connectivity index (χ1n) is 8.40. The van der Waals surface area contributed by atoms with E-state index in [2.05, 4.69) is 15.2 Å². The quantitative estimate of drug-likeness (QED) is 0.410. The number of carbonyl (C=O) groups excluding carboxylic acids is 1. The third-order valence-corrected chi connectivity index (χ3v) is 5.10. The molecule has 0 N–H and O–H groups in total. The highest BCUT2D eigenvalue weighted by Crippen LogP contribution is 2.31. The molecular weight excluding hydrogens is 419 g/mol. The summed E-state index contributed by atoms with van der Waals surface area (Å²) in [6, 6.07) is 8.94. The minimum absolute atomic E-state index is 0.101. The Hall–Kier alpha value is -2.09. The Morgan fingerprint density at radius 2 is 1.96 bits per heavy atom. The number of ether oxygens (including phenoxy) is 1. The van der Waals surface area contributed by atoms with Gasteiger partial charge in [0.05, 0.1) is 21.5 Å². The molecule has 0 amide bonds. The van der Waals surface area contributed by atoms with E-state index in [1.807, 2.05) is 43.5 Å². The van der Waals surface area contributed by atoms with Gasteiger partial charge >= 0.3 is 5.97 Å². The SMILES string of the molecule is CC(C)(C)OC(=O)CSc1nnc(-c2cccnc2)n1-c1ccc(Cl)c(Cl)c1. The van der Waals surface area contributed by atoms with Crippen molar-refractivity contribution >= 4 is 40.9 Å². The van der Waals surface area contributed by atoms with Gasteiger partial charge in [0.25, 0.3) is 0 Å². The maximum Gasteiger partial charge on any atom is 0.316 e. The molecule has 3 rings (SSSR count). The van der Waals surface area contributed by atoms with Gasteiger partial charge in [-0.05, 0) is 51.1 Å². The second kappa shape index (κ2) is 8.51. The molecule has 28 heavy (non-hydrogen) atoms. The number of hydrogen-bond acceptors (Lipinski definition) is 6. The number of halogens is 2. The predicted molar refractivity (Wildman–Crippen MR) is 111 cm³/mol. The first kappa shape index (κ1) is 20.6. The number of benzene rings is 1. The fourth-order valence-electron chi connectivity index (χ4n) is 2.40. The summed E-state index contributed by atoms with van der Waals surface area (Å²) in [4.78, 5) is 16.2. The first-order chi connectivity index (χ1) is 13.2. The zero-order valence-corrected chi connectivity index (χ0v) is 17.8. The van der Waals surface area contributed by atoms with Gasteiger partial charge in [-0.3, -0.25) is 14.3 Å². The Morgan fingerprint density at radius 1 is 1.18 bits per heavy atom. The molecule has 6 nitrogen and oxygen atoms in total. The zero-order valence-electron chi connectivity index (χ0n) is 15.5. The average Bonchev–Trinajstić information content (AvgIpc) is 3.05. The van der Waals surface area contributed by atoms with Crippen molar-refractivity contribution in [1.82, 2.24) is 19.7 Å². The number of thioether (sulfide) groups is 1. The van der Waals surface area contributed by atoms with Crippen molar-refractivity contribution in [1.29, 1.82) is 0 Å². The molecule has 0 bridgehead atoms. The molecule has 0 aliphatic heterocycles. The van der Waals surface area contributed by atoms with Crippen molar-refractivity contribution < 1.29 is 9.53 Å². The second-order valence-corrected chi connectivity index (χ2v) is 8.61. The number of hydrogen-bond donors (Lipinski definition) is 0. The van der Waals surface area contributed by atoms with Crippen LogP contribution >= 0.6 is 35.0 Å². The molecule has 0 fully saturated rings. The Morgan fingerprint density at radius 3 is 2.61 bits per heavy atom. The lowest BCUT2D eigenvalue weighted by Gasteiger charge is -2.19. The number of carbonyl (C=O) groups is 1. The minimum atomic E-state index is -0.546. The standard InChI is InChI=1S/C19H18Cl2N4O2S/c1-19(2,3)27-16(26)11-28-18-24-23-17(12-5-4-8-22-10-12)25(18)13-6-7-14(20)15(21)9-13/h4-10H,11H2,1-3H3. The molecule has 1 aromatic carbocycles. The van der Waals surface area contributed by atoms with Gasteiger partial charge in [0, 0.05) is 18.0 Å². The maximum absolute atomic E-state index is 12.1. The van der Waals surface area contributed by atoms with Crippen molar-refractivity contribution in [3.63, 3.8) is 0 Å². The van der Waals surface area contributed by atoms with Gasteiger partial charge in [-0.15, -0.1) is 10.2 Å². The van der Waals surface area contributed by atoms with Crippen molar-refractivity contribution in [3.05, 3.63) is 52.8 Å². The van der Waals surface area contributed by atoms with Crippen LogP contribution in [0.25, 0.3) is 17.1 Å². The minimum Gasteiger partial charge on any atom is -0.459 e. The maximum atomic E-state index is 12.1. The van der Waals surface area contributed by atoms with Crippen LogP contribution in [0.15, 0.2) is 47.9 Å². The molecule has 0 aliphatic rings. The number of pyridine rings is 1. The van der Waals surface area contributed by atoms with Gasteiger partial charge in [-0.1, -0.05) is 35.0 Å². The second-order valence-electron chi connectivity index (χ2n) is 6.86. The van der Waals surface area contributed by atoms with Crippen molar-refractivity contribution in [2.24, 2.45) is 0 Å². The molecule has 146 valence electrons. The molecule has 9 heteroatoms. The van der Waals surface area contributed by atoms with E-state index < -0.39 is 5.60 Å². The molecule has 0 radical (unpaired) electrons. The number of rotatable bonds is 5. The summed E-state index contributed by atoms with van der Waals surface area (Å²) < 4.78 is 7.18. The molecule has 0 saturated carbocycles. The van der Waals surface area contributed by atoms with E-state index in [1.165, 1.54) is 11.8 Å². The summed E-state index contributed by atoms with van der Waals surface area (Å²) in [5.74, 6) is 0.353. The van der Waals surface area contributed by atoms with Crippen LogP contribution < -0.4 is 0 Å². The fraction of sp³-hybridized carbons (Fsp3) is 0.263. The Balaban J connectivity index is 1.97. The normalized spacial score (nSPS) is 11.5. The van der Waals surface area contributed by atoms with Crippen LogP contribution in [0.2, 0.25) is 10.0 Å². The van der Waals surface area contributed by atoms with E-state index in [4.69, 9.17) is 27.9 Å². The molecule has 0 aliphatic carbocycles. The van der Waals surface area contributed by atoms with E-state index in [9.17, 15) is 4.79 Å². The van der Waals surface area contributed by atoms with Crippen LogP contribution in [0.1, 0.15) is 20.8 Å². The lowest BCUT2D eigenvalue weighted by Crippen LogP contribution is -2.25. The molecule has 0 spiro atoms. The molecule has 0 saturated heterocycles. The topological polar surface area (TPSA) is 69.9 Å². The van der Waals surface area contributed by atoms with Crippen LogP contribution in [0, 0.1) is 0 Å². The van der Waals surface area contributed by atoms with Gasteiger partial charge in [0.1, 0.15) is 5.60 Å². The lowest BCUT2D eigenvalue weighted by atomic mass is 10.2. The highest BCUT2D eigenvalue weighted by Gasteiger charge is 2.20. The summed E-state index contributed by atoms with van der Waals surface area (Å²) in [6.45, 7) is 5.48. The van der Waals surface area contributed by atoms with Gasteiger partial charge in [0.15, 0.2) is 11.0 Å². The Labute approximate surface area is 177 Å². The van der Waals surface area contributed by atoms with Gasteiger partial charge in [0.2, 0.25) is 0 Å². The van der Waals surface area contributed by atoms with Crippen molar-refractivity contribution in [2.75, 3.05) is 5.75 Å². The lowest BCUT2D eigenvalue weighted by molar-refractivity contribution is -0.151. The summed E-state index contributed by atoms with van der Waals surface area (Å²) in [5.41, 5.74) is 0.964. The molecule has 2 heterocycles. The summed E-state index contributed by atoms with van der Waals surface area (Å²) in [5, 5.41) is 9.93. The summed E-state index contributed by atoms with van der Waals surface area (Å²) in [7, 11) is 0. The van der Waals surface area contributed by atoms with Crippen LogP contribution in [-0.2, 0) is 9.53 Å². The Bertz CT molecular complexity index is 987. The van der Waals surface area contributed by atoms with Crippen LogP contribution in [0.4, 0.5) is 0 Å². The highest BCUT2D eigenvalue weighted by atomic mass is 35.5. The molecule has 0 unspecified atom stereocenters. The third kappa shape index (κ3) is 5.04. The largest absolute Gasteiger partial charge is 0.459 e. The first-order valence-corrected chi connectivity index (χ1v) is 10.1. The highest BCUT2D eigenvalue weighted by molar-refractivity contribution is 7.99. The average molecular weight is 437 g/mol. The summed E-state index contributed by atoms with van der Waals surface area (Å²) in [6.07, 6.45) is 3.38. The monoisotopic (exact) mass is 436 g/mol. The zero-order chi connectivity index (χ0) is 20.3. The van der Waals surface area contributed by atoms with Crippen molar-refractivity contribution in [3.8, 4) is 17.1 Å². The van der Waals surface area contributed by atoms with Gasteiger partial charge < -0.3 is 4.74 Å². The van der Waals surface area contributed by atoms with Gasteiger partial charge in [-0.2, -0.15) is 0 Å². The molecule has 3 aromatic rings. The van der Waals surface area contributed by atoms with Crippen molar-refractivity contribution in [2.45, 2.75) is 31.5 Å². The number of aromatic nitrogens is 4. The molecule has 0 atom stereocenters. The van der Waals surface area contributed by atoms with Gasteiger partial charge in [-0.25, -0.2) is 0 Å². The van der Waals surface area contributed by atoms with Crippen LogP contribution in [0.3, 0.4) is 0 Å². The predicted octanol–water partition coefficient (Wildman–Crippen LogP) is 5.07. The van der Waals surface area contributed by atoms with E-state index in [1.54, 1.807) is 24.5 Å². The van der Waals surface area contributed by atoms with E-state index in [-0.39, 0.29) is 11.7 Å². The van der Waals surface area contributed by atoms with Crippen LogP contribution in [-0.4, -0.2) is 37.1 Å². The summed E-state index contributed by atoms with van der Waals surface area (Å²) >= 11 is 13.5. The third-order valence-electron chi connectivity index (χ3n) is 3.45. The number of nitrogens with zero attached hydrogens (tertiary/aromatic N) is 4. The number of esters is 1. The van der Waals surface area contributed by atoms with E-state index in [0.717, 1.165) is 11.3 Å². The molecule has 2 aromatic heterocycles. The van der Waals surface area contributed by atoms with E-state index in [0.29, 0.717) is 21.0 Å². The fourth-order valence-corrected chi connectivity index (χ4v) is 3.41.